The van der Waals surface area contributed by atoms with Gasteiger partial charge in [0.1, 0.15) is 23.2 Å². The van der Waals surface area contributed by atoms with E-state index in [1.165, 1.54) is 6.07 Å². The van der Waals surface area contributed by atoms with Crippen LogP contribution in [0.3, 0.4) is 0 Å². The first-order valence-electron chi connectivity index (χ1n) is 6.28. The van der Waals surface area contributed by atoms with Crippen LogP contribution in [0.15, 0.2) is 18.2 Å². The fourth-order valence-corrected chi connectivity index (χ4v) is 2.44. The Hall–Kier alpha value is -1.20. The summed E-state index contributed by atoms with van der Waals surface area (Å²) in [5.41, 5.74) is 5.58. The first-order chi connectivity index (χ1) is 8.89. The summed E-state index contributed by atoms with van der Waals surface area (Å²) in [7, 11) is 0. The van der Waals surface area contributed by atoms with Crippen LogP contribution in [0, 0.1) is 5.82 Å². The predicted octanol–water partition coefficient (Wildman–Crippen LogP) is 2.80. The van der Waals surface area contributed by atoms with E-state index in [9.17, 15) is 4.39 Å². The molecule has 0 radical (unpaired) electrons. The van der Waals surface area contributed by atoms with Crippen LogP contribution in [-0.2, 0) is 4.74 Å². The Morgan fingerprint density at radius 1 is 1.58 bits per heavy atom. The lowest BCUT2D eigenvalue weighted by Crippen LogP contribution is -2.24. The van der Waals surface area contributed by atoms with E-state index < -0.39 is 5.82 Å². The summed E-state index contributed by atoms with van der Waals surface area (Å²) in [5.74, 6) is -0.0847. The number of hydrogen-bond acceptors (Lipinski definition) is 3. The topological polar surface area (TPSA) is 44.5 Å². The molecule has 0 aromatic heterocycles. The summed E-state index contributed by atoms with van der Waals surface area (Å²) in [6, 6.07) is 4.56. The molecule has 1 atom stereocenters. The third kappa shape index (κ3) is 3.42. The average Bonchev–Trinajstić information content (AvgIpc) is 2.66. The van der Waals surface area contributed by atoms with E-state index in [0.717, 1.165) is 12.8 Å². The van der Waals surface area contributed by atoms with E-state index in [2.05, 4.69) is 13.8 Å². The number of thiocarbonyl (C=S) groups is 1. The molecule has 2 rings (SSSR count). The standard InChI is InChI=1S/C14H18FNO2S/c1-14(2)7-6-9(18-14)8-17-11-5-3-4-10(15)12(11)13(16)19/h3-5,9H,6-8H2,1-2H3,(H2,16,19). The zero-order valence-electron chi connectivity index (χ0n) is 11.1. The molecule has 1 saturated heterocycles. The Labute approximate surface area is 117 Å². The second-order valence-electron chi connectivity index (χ2n) is 5.33. The summed E-state index contributed by atoms with van der Waals surface area (Å²) in [6.45, 7) is 4.48. The highest BCUT2D eigenvalue weighted by Crippen LogP contribution is 2.30. The van der Waals surface area contributed by atoms with Crippen molar-refractivity contribution in [3.63, 3.8) is 0 Å². The van der Waals surface area contributed by atoms with Crippen LogP contribution in [0.4, 0.5) is 4.39 Å². The van der Waals surface area contributed by atoms with Gasteiger partial charge in [0.05, 0.1) is 17.3 Å². The molecular formula is C14H18FNO2S. The molecule has 0 saturated carbocycles. The van der Waals surface area contributed by atoms with E-state index in [-0.39, 0.29) is 22.3 Å². The van der Waals surface area contributed by atoms with Gasteiger partial charge in [0.15, 0.2) is 0 Å². The number of ether oxygens (including phenoxy) is 2. The Balaban J connectivity index is 2.04. The molecule has 19 heavy (non-hydrogen) atoms. The van der Waals surface area contributed by atoms with Gasteiger partial charge in [0.2, 0.25) is 0 Å². The highest BCUT2D eigenvalue weighted by Gasteiger charge is 2.32. The number of nitrogens with two attached hydrogens (primary N) is 1. The zero-order chi connectivity index (χ0) is 14.0. The van der Waals surface area contributed by atoms with Gasteiger partial charge in [-0.1, -0.05) is 18.3 Å². The monoisotopic (exact) mass is 283 g/mol. The first-order valence-corrected chi connectivity index (χ1v) is 6.69. The Morgan fingerprint density at radius 3 is 2.89 bits per heavy atom. The second-order valence-corrected chi connectivity index (χ2v) is 5.77. The molecule has 0 spiro atoms. The highest BCUT2D eigenvalue weighted by atomic mass is 32.1. The average molecular weight is 283 g/mol. The lowest BCUT2D eigenvalue weighted by molar-refractivity contribution is -0.0327. The first kappa shape index (κ1) is 14.2. The minimum Gasteiger partial charge on any atom is -0.490 e. The van der Waals surface area contributed by atoms with Crippen LogP contribution < -0.4 is 10.5 Å². The SMILES string of the molecule is CC1(C)CCC(COc2cccc(F)c2C(N)=S)O1. The van der Waals surface area contributed by atoms with Crippen molar-refractivity contribution in [2.24, 2.45) is 5.73 Å². The molecular weight excluding hydrogens is 265 g/mol. The second kappa shape index (κ2) is 5.43. The van der Waals surface area contributed by atoms with E-state index in [1.54, 1.807) is 12.1 Å². The molecule has 0 aliphatic carbocycles. The fourth-order valence-electron chi connectivity index (χ4n) is 2.24. The molecule has 1 aliphatic rings. The molecule has 1 fully saturated rings. The van der Waals surface area contributed by atoms with Crippen molar-refractivity contribution in [2.75, 3.05) is 6.61 Å². The number of hydrogen-bond donors (Lipinski definition) is 1. The summed E-state index contributed by atoms with van der Waals surface area (Å²) >= 11 is 4.85. The molecule has 1 aliphatic heterocycles. The van der Waals surface area contributed by atoms with Gasteiger partial charge in [0.25, 0.3) is 0 Å². The van der Waals surface area contributed by atoms with Gasteiger partial charge in [-0.05, 0) is 38.8 Å². The summed E-state index contributed by atoms with van der Waals surface area (Å²) in [5, 5.41) is 0. The van der Waals surface area contributed by atoms with E-state index >= 15 is 0 Å². The van der Waals surface area contributed by atoms with Crippen LogP contribution in [0.5, 0.6) is 5.75 Å². The molecule has 1 unspecified atom stereocenters. The lowest BCUT2D eigenvalue weighted by Gasteiger charge is -2.20. The van der Waals surface area contributed by atoms with E-state index in [4.69, 9.17) is 27.4 Å². The third-order valence-corrected chi connectivity index (χ3v) is 3.40. The Bertz CT molecular complexity index is 490. The number of rotatable bonds is 4. The van der Waals surface area contributed by atoms with Crippen molar-refractivity contribution in [2.45, 2.75) is 38.4 Å². The lowest BCUT2D eigenvalue weighted by atomic mass is 10.1. The quantitative estimate of drug-likeness (QED) is 0.863. The Morgan fingerprint density at radius 2 is 2.32 bits per heavy atom. The fraction of sp³-hybridized carbons (Fsp3) is 0.500. The maximum atomic E-state index is 13.6. The van der Waals surface area contributed by atoms with Crippen molar-refractivity contribution in [1.29, 1.82) is 0 Å². The predicted molar refractivity (Wildman–Crippen MR) is 76.0 cm³/mol. The van der Waals surface area contributed by atoms with Gasteiger partial charge in [-0.25, -0.2) is 4.39 Å². The van der Waals surface area contributed by atoms with Crippen LogP contribution in [-0.4, -0.2) is 23.3 Å². The van der Waals surface area contributed by atoms with Crippen molar-refractivity contribution in [1.82, 2.24) is 0 Å². The minimum absolute atomic E-state index is 0.000713. The van der Waals surface area contributed by atoms with Crippen molar-refractivity contribution < 1.29 is 13.9 Å². The molecule has 2 N–H and O–H groups in total. The zero-order valence-corrected chi connectivity index (χ0v) is 11.9. The minimum atomic E-state index is -0.460. The third-order valence-electron chi connectivity index (χ3n) is 3.20. The largest absolute Gasteiger partial charge is 0.490 e. The molecule has 5 heteroatoms. The summed E-state index contributed by atoms with van der Waals surface area (Å²) in [4.78, 5) is 0.000713. The highest BCUT2D eigenvalue weighted by molar-refractivity contribution is 7.80. The molecule has 1 aromatic carbocycles. The molecule has 0 amide bonds. The Kier molecular flexibility index (Phi) is 4.06. The van der Waals surface area contributed by atoms with Gasteiger partial charge in [0, 0.05) is 0 Å². The van der Waals surface area contributed by atoms with Gasteiger partial charge >= 0.3 is 0 Å². The van der Waals surface area contributed by atoms with Gasteiger partial charge in [-0.15, -0.1) is 0 Å². The van der Waals surface area contributed by atoms with Crippen molar-refractivity contribution >= 4 is 17.2 Å². The molecule has 104 valence electrons. The van der Waals surface area contributed by atoms with E-state index in [0.29, 0.717) is 12.4 Å². The van der Waals surface area contributed by atoms with Crippen molar-refractivity contribution in [3.8, 4) is 5.75 Å². The molecule has 3 nitrogen and oxygen atoms in total. The normalized spacial score (nSPS) is 21.3. The summed E-state index contributed by atoms with van der Waals surface area (Å²) in [6.07, 6.45) is 1.95. The number of halogens is 1. The summed E-state index contributed by atoms with van der Waals surface area (Å²) < 4.78 is 25.1. The van der Waals surface area contributed by atoms with Crippen LogP contribution in [0.1, 0.15) is 32.3 Å². The molecule has 0 bridgehead atoms. The van der Waals surface area contributed by atoms with Gasteiger partial charge in [-0.2, -0.15) is 0 Å². The number of benzene rings is 1. The van der Waals surface area contributed by atoms with Gasteiger partial charge in [-0.3, -0.25) is 0 Å². The molecule has 1 aromatic rings. The maximum absolute atomic E-state index is 13.6. The molecule has 1 heterocycles. The van der Waals surface area contributed by atoms with Gasteiger partial charge < -0.3 is 15.2 Å². The van der Waals surface area contributed by atoms with E-state index in [1.807, 2.05) is 0 Å². The van der Waals surface area contributed by atoms with Crippen molar-refractivity contribution in [3.05, 3.63) is 29.6 Å². The van der Waals surface area contributed by atoms with Crippen LogP contribution in [0.2, 0.25) is 0 Å². The maximum Gasteiger partial charge on any atom is 0.137 e. The smallest absolute Gasteiger partial charge is 0.137 e. The van der Waals surface area contributed by atoms with Crippen LogP contribution >= 0.6 is 12.2 Å². The van der Waals surface area contributed by atoms with Crippen LogP contribution in [0.25, 0.3) is 0 Å².